The van der Waals surface area contributed by atoms with E-state index in [1.165, 1.54) is 12.1 Å². The van der Waals surface area contributed by atoms with E-state index in [-0.39, 0.29) is 12.3 Å². The molecule has 158 valence electrons. The SMILES string of the molecule is Cc1nn(-c2nc3ccccc3n2C)c2c1C(c1ccc(C(F)(F)F)cc1)CC(=O)N2. The lowest BCUT2D eigenvalue weighted by atomic mass is 9.85. The van der Waals surface area contributed by atoms with E-state index in [1.54, 1.807) is 4.68 Å². The highest BCUT2D eigenvalue weighted by atomic mass is 19.4. The Kier molecular flexibility index (Phi) is 4.18. The van der Waals surface area contributed by atoms with Crippen molar-refractivity contribution in [1.82, 2.24) is 19.3 Å². The van der Waals surface area contributed by atoms with Crippen molar-refractivity contribution in [2.75, 3.05) is 5.32 Å². The first-order valence-corrected chi connectivity index (χ1v) is 9.72. The number of alkyl halides is 3. The Morgan fingerprint density at radius 3 is 2.48 bits per heavy atom. The van der Waals surface area contributed by atoms with E-state index in [2.05, 4.69) is 15.4 Å². The van der Waals surface area contributed by atoms with Gasteiger partial charge in [-0.1, -0.05) is 24.3 Å². The number of nitrogens with one attached hydrogen (secondary N) is 1. The fraction of sp³-hybridized carbons (Fsp3) is 0.227. The third kappa shape index (κ3) is 3.08. The summed E-state index contributed by atoms with van der Waals surface area (Å²) in [5, 5.41) is 7.51. The minimum atomic E-state index is -4.41. The number of hydrogen-bond donors (Lipinski definition) is 1. The Bertz CT molecular complexity index is 1320. The first-order chi connectivity index (χ1) is 14.7. The molecule has 1 aliphatic rings. The number of benzene rings is 2. The van der Waals surface area contributed by atoms with Crippen LogP contribution in [0.2, 0.25) is 0 Å². The predicted octanol–water partition coefficient (Wildman–Crippen LogP) is 4.56. The van der Waals surface area contributed by atoms with Crippen molar-refractivity contribution in [3.63, 3.8) is 0 Å². The first kappa shape index (κ1) is 19.3. The Morgan fingerprint density at radius 1 is 1.10 bits per heavy atom. The van der Waals surface area contributed by atoms with Gasteiger partial charge < -0.3 is 9.88 Å². The Hall–Kier alpha value is -3.62. The maximum atomic E-state index is 13.0. The number of rotatable bonds is 2. The molecule has 0 aliphatic carbocycles. The summed E-state index contributed by atoms with van der Waals surface area (Å²) < 4.78 is 42.4. The summed E-state index contributed by atoms with van der Waals surface area (Å²) in [5.41, 5.74) is 3.10. The molecule has 1 amide bonds. The summed E-state index contributed by atoms with van der Waals surface area (Å²) in [4.78, 5) is 17.2. The van der Waals surface area contributed by atoms with E-state index >= 15 is 0 Å². The molecule has 0 saturated carbocycles. The molecule has 1 atom stereocenters. The van der Waals surface area contributed by atoms with Crippen molar-refractivity contribution in [3.8, 4) is 5.95 Å². The van der Waals surface area contributed by atoms with Crippen molar-refractivity contribution in [2.24, 2.45) is 7.05 Å². The van der Waals surface area contributed by atoms with Gasteiger partial charge in [0.15, 0.2) is 0 Å². The van der Waals surface area contributed by atoms with E-state index in [9.17, 15) is 18.0 Å². The van der Waals surface area contributed by atoms with Crippen LogP contribution in [0.5, 0.6) is 0 Å². The zero-order chi connectivity index (χ0) is 21.9. The fourth-order valence-corrected chi connectivity index (χ4v) is 4.20. The van der Waals surface area contributed by atoms with Crippen LogP contribution in [0.1, 0.15) is 34.7 Å². The standard InChI is InChI=1S/C22H18F3N5O/c1-12-19-15(13-7-9-14(10-8-13)22(23,24)25)11-18(31)27-20(19)30(28-12)21-26-16-5-3-4-6-17(16)29(21)2/h3-10,15H,11H2,1-2H3,(H,27,31). The second kappa shape index (κ2) is 6.69. The molecule has 0 radical (unpaired) electrons. The molecule has 1 unspecified atom stereocenters. The normalized spacial score (nSPS) is 16.4. The van der Waals surface area contributed by atoms with Gasteiger partial charge in [-0.25, -0.2) is 4.98 Å². The minimum absolute atomic E-state index is 0.132. The van der Waals surface area contributed by atoms with Crippen molar-refractivity contribution in [3.05, 3.63) is 70.9 Å². The van der Waals surface area contributed by atoms with Crippen molar-refractivity contribution >= 4 is 22.8 Å². The van der Waals surface area contributed by atoms with Crippen LogP contribution in [0.25, 0.3) is 17.0 Å². The van der Waals surface area contributed by atoms with Crippen LogP contribution in [-0.2, 0) is 18.0 Å². The summed E-state index contributed by atoms with van der Waals surface area (Å²) in [6, 6.07) is 12.6. The van der Waals surface area contributed by atoms with Gasteiger partial charge in [-0.05, 0) is 36.8 Å². The van der Waals surface area contributed by atoms with Crippen molar-refractivity contribution in [1.29, 1.82) is 0 Å². The Balaban J connectivity index is 1.64. The van der Waals surface area contributed by atoms with Crippen LogP contribution in [0.15, 0.2) is 48.5 Å². The topological polar surface area (TPSA) is 64.7 Å². The number of halogens is 3. The summed E-state index contributed by atoms with van der Waals surface area (Å²) >= 11 is 0. The molecule has 0 bridgehead atoms. The lowest BCUT2D eigenvalue weighted by Gasteiger charge is -2.24. The summed E-state index contributed by atoms with van der Waals surface area (Å²) in [5.74, 6) is 0.419. The second-order valence-corrected chi connectivity index (χ2v) is 7.64. The molecule has 3 heterocycles. The molecule has 0 saturated heterocycles. The summed E-state index contributed by atoms with van der Waals surface area (Å²) in [6.07, 6.45) is -4.28. The highest BCUT2D eigenvalue weighted by Gasteiger charge is 2.35. The van der Waals surface area contributed by atoms with E-state index in [4.69, 9.17) is 0 Å². The first-order valence-electron chi connectivity index (χ1n) is 9.72. The van der Waals surface area contributed by atoms with Crippen LogP contribution >= 0.6 is 0 Å². The van der Waals surface area contributed by atoms with Crippen LogP contribution in [-0.4, -0.2) is 25.2 Å². The Morgan fingerprint density at radius 2 is 1.81 bits per heavy atom. The summed E-state index contributed by atoms with van der Waals surface area (Å²) in [7, 11) is 1.87. The van der Waals surface area contributed by atoms with Gasteiger partial charge in [0.25, 0.3) is 0 Å². The monoisotopic (exact) mass is 425 g/mol. The van der Waals surface area contributed by atoms with E-state index in [1.807, 2.05) is 42.8 Å². The van der Waals surface area contributed by atoms with Crippen LogP contribution in [0.4, 0.5) is 19.0 Å². The fourth-order valence-electron chi connectivity index (χ4n) is 4.20. The molecule has 2 aromatic heterocycles. The molecule has 31 heavy (non-hydrogen) atoms. The van der Waals surface area contributed by atoms with Gasteiger partial charge >= 0.3 is 6.18 Å². The highest BCUT2D eigenvalue weighted by molar-refractivity contribution is 5.95. The number of carbonyl (C=O) groups is 1. The van der Waals surface area contributed by atoms with Gasteiger partial charge in [-0.15, -0.1) is 0 Å². The number of para-hydroxylation sites is 2. The maximum Gasteiger partial charge on any atom is 0.416 e. The predicted molar refractivity (Wildman–Crippen MR) is 109 cm³/mol. The van der Waals surface area contributed by atoms with Gasteiger partial charge in [0, 0.05) is 24.9 Å². The molecule has 5 rings (SSSR count). The third-order valence-electron chi connectivity index (χ3n) is 5.70. The Labute approximate surface area is 175 Å². The number of aryl methyl sites for hydroxylation is 2. The number of imidazole rings is 1. The second-order valence-electron chi connectivity index (χ2n) is 7.64. The van der Waals surface area contributed by atoms with Gasteiger partial charge in [0.2, 0.25) is 11.9 Å². The molecule has 9 heteroatoms. The van der Waals surface area contributed by atoms with Crippen LogP contribution in [0.3, 0.4) is 0 Å². The van der Waals surface area contributed by atoms with Gasteiger partial charge in [-0.2, -0.15) is 23.0 Å². The average molecular weight is 425 g/mol. The third-order valence-corrected chi connectivity index (χ3v) is 5.70. The zero-order valence-corrected chi connectivity index (χ0v) is 16.7. The smallest absolute Gasteiger partial charge is 0.311 e. The number of nitrogens with zero attached hydrogens (tertiary/aromatic N) is 4. The van der Waals surface area contributed by atoms with E-state index < -0.39 is 17.7 Å². The number of fused-ring (bicyclic) bond motifs is 2. The van der Waals surface area contributed by atoms with Crippen LogP contribution < -0.4 is 5.32 Å². The largest absolute Gasteiger partial charge is 0.416 e. The molecule has 6 nitrogen and oxygen atoms in total. The van der Waals surface area contributed by atoms with E-state index in [0.717, 1.165) is 28.7 Å². The number of anilines is 1. The molecule has 4 aromatic rings. The highest BCUT2D eigenvalue weighted by Crippen LogP contribution is 2.41. The van der Waals surface area contributed by atoms with Crippen molar-refractivity contribution in [2.45, 2.75) is 25.4 Å². The molecule has 2 aromatic carbocycles. The number of amides is 1. The number of hydrogen-bond acceptors (Lipinski definition) is 3. The van der Waals surface area contributed by atoms with Gasteiger partial charge in [0.1, 0.15) is 5.82 Å². The average Bonchev–Trinajstić information content (AvgIpc) is 3.24. The molecular formula is C22H18F3N5O. The van der Waals surface area contributed by atoms with Gasteiger partial charge in [-0.3, -0.25) is 4.79 Å². The van der Waals surface area contributed by atoms with Gasteiger partial charge in [0.05, 0.1) is 22.3 Å². The van der Waals surface area contributed by atoms with Crippen LogP contribution in [0, 0.1) is 6.92 Å². The number of aromatic nitrogens is 4. The van der Waals surface area contributed by atoms with Crippen molar-refractivity contribution < 1.29 is 18.0 Å². The summed E-state index contributed by atoms with van der Waals surface area (Å²) in [6.45, 7) is 1.83. The maximum absolute atomic E-state index is 13.0. The van der Waals surface area contributed by atoms with E-state index in [0.29, 0.717) is 23.0 Å². The number of carbonyl (C=O) groups excluding carboxylic acids is 1. The lowest BCUT2D eigenvalue weighted by Crippen LogP contribution is -2.25. The molecule has 1 aliphatic heterocycles. The quantitative estimate of drug-likeness (QED) is 0.512. The lowest BCUT2D eigenvalue weighted by molar-refractivity contribution is -0.137. The molecular weight excluding hydrogens is 407 g/mol. The zero-order valence-electron chi connectivity index (χ0n) is 16.7. The molecule has 0 fully saturated rings. The molecule has 1 N–H and O–H groups in total. The molecule has 0 spiro atoms. The minimum Gasteiger partial charge on any atom is -0.311 e.